The largest absolute Gasteiger partial charge is 0.365 e. The molecular weight excluding hydrogens is 322 g/mol. The summed E-state index contributed by atoms with van der Waals surface area (Å²) >= 11 is 0. The molecule has 0 amide bonds. The third-order valence-corrected chi connectivity index (χ3v) is 4.85. The molecular formula is C21H23N5. The Hall–Kier alpha value is -2.95. The lowest BCUT2D eigenvalue weighted by Crippen LogP contribution is -2.47. The van der Waals surface area contributed by atoms with Gasteiger partial charge < -0.3 is 10.2 Å². The molecule has 26 heavy (non-hydrogen) atoms. The minimum absolute atomic E-state index is 0.274. The van der Waals surface area contributed by atoms with Gasteiger partial charge in [0.25, 0.3) is 0 Å². The van der Waals surface area contributed by atoms with Gasteiger partial charge in [0, 0.05) is 24.6 Å². The molecule has 1 fully saturated rings. The van der Waals surface area contributed by atoms with E-state index in [1.807, 2.05) is 61.1 Å². The Morgan fingerprint density at radius 1 is 0.731 bits per heavy atom. The van der Waals surface area contributed by atoms with E-state index in [1.165, 1.54) is 12.8 Å². The highest BCUT2D eigenvalue weighted by Crippen LogP contribution is 2.33. The number of anilines is 3. The maximum absolute atomic E-state index is 4.61. The molecule has 3 heterocycles. The van der Waals surface area contributed by atoms with Crippen molar-refractivity contribution < 1.29 is 0 Å². The molecule has 1 aliphatic rings. The van der Waals surface area contributed by atoms with Crippen LogP contribution in [-0.2, 0) is 0 Å². The quantitative estimate of drug-likeness (QED) is 0.741. The van der Waals surface area contributed by atoms with Crippen molar-refractivity contribution >= 4 is 17.5 Å². The molecule has 0 unspecified atom stereocenters. The van der Waals surface area contributed by atoms with Crippen molar-refractivity contribution in [2.75, 3.05) is 10.2 Å². The number of nitrogens with zero attached hydrogens (tertiary/aromatic N) is 4. The first-order valence-electron chi connectivity index (χ1n) is 9.21. The SMILES string of the molecule is c1ccc(N[C@@H]2CCCC[C@H]2N(c2ccccn2)c2ccccn2)nc1. The number of pyridine rings is 3. The summed E-state index contributed by atoms with van der Waals surface area (Å²) in [6.07, 6.45) is 10.1. The molecule has 0 bridgehead atoms. The maximum Gasteiger partial charge on any atom is 0.134 e. The van der Waals surface area contributed by atoms with E-state index in [0.29, 0.717) is 6.04 Å². The van der Waals surface area contributed by atoms with Gasteiger partial charge in [0.2, 0.25) is 0 Å². The van der Waals surface area contributed by atoms with E-state index < -0.39 is 0 Å². The molecule has 0 saturated heterocycles. The summed E-state index contributed by atoms with van der Waals surface area (Å²) in [5.41, 5.74) is 0. The summed E-state index contributed by atoms with van der Waals surface area (Å²) in [6, 6.07) is 18.6. The van der Waals surface area contributed by atoms with E-state index >= 15 is 0 Å². The van der Waals surface area contributed by atoms with Crippen LogP contribution in [0.1, 0.15) is 25.7 Å². The molecule has 1 saturated carbocycles. The predicted molar refractivity (Wildman–Crippen MR) is 105 cm³/mol. The van der Waals surface area contributed by atoms with Gasteiger partial charge in [0.1, 0.15) is 17.5 Å². The van der Waals surface area contributed by atoms with E-state index in [9.17, 15) is 0 Å². The normalized spacial score (nSPS) is 19.7. The van der Waals surface area contributed by atoms with Gasteiger partial charge in [-0.3, -0.25) is 0 Å². The maximum atomic E-state index is 4.61. The Morgan fingerprint density at radius 2 is 1.35 bits per heavy atom. The van der Waals surface area contributed by atoms with Gasteiger partial charge in [-0.1, -0.05) is 31.0 Å². The van der Waals surface area contributed by atoms with Gasteiger partial charge in [-0.15, -0.1) is 0 Å². The van der Waals surface area contributed by atoms with E-state index in [0.717, 1.165) is 30.3 Å². The minimum Gasteiger partial charge on any atom is -0.365 e. The molecule has 1 aliphatic carbocycles. The molecule has 0 spiro atoms. The van der Waals surface area contributed by atoms with Crippen molar-refractivity contribution in [3.05, 3.63) is 73.2 Å². The lowest BCUT2D eigenvalue weighted by atomic mass is 9.89. The highest BCUT2D eigenvalue weighted by atomic mass is 15.3. The standard InChI is InChI=1S/C21H23N5/c1-2-10-18(17(9-1)25-19-11-3-6-14-22-19)26(20-12-4-7-15-23-20)21-13-5-8-16-24-21/h3-8,11-18H,1-2,9-10H2,(H,22,25)/t17-,18-/m1/s1. The molecule has 4 rings (SSSR count). The molecule has 3 aromatic rings. The highest BCUT2D eigenvalue weighted by molar-refractivity contribution is 5.57. The van der Waals surface area contributed by atoms with Crippen molar-refractivity contribution in [3.63, 3.8) is 0 Å². The zero-order chi connectivity index (χ0) is 17.6. The number of hydrogen-bond acceptors (Lipinski definition) is 5. The van der Waals surface area contributed by atoms with E-state index in [4.69, 9.17) is 0 Å². The van der Waals surface area contributed by atoms with Gasteiger partial charge in [-0.25, -0.2) is 15.0 Å². The molecule has 1 N–H and O–H groups in total. The topological polar surface area (TPSA) is 53.9 Å². The third-order valence-electron chi connectivity index (χ3n) is 4.85. The van der Waals surface area contributed by atoms with Crippen LogP contribution in [0, 0.1) is 0 Å². The van der Waals surface area contributed by atoms with Crippen molar-refractivity contribution in [1.29, 1.82) is 0 Å². The van der Waals surface area contributed by atoms with Crippen LogP contribution in [0.4, 0.5) is 17.5 Å². The predicted octanol–water partition coefficient (Wildman–Crippen LogP) is 4.43. The average molecular weight is 345 g/mol. The zero-order valence-electron chi connectivity index (χ0n) is 14.7. The molecule has 0 radical (unpaired) electrons. The summed E-state index contributed by atoms with van der Waals surface area (Å²) in [6.45, 7) is 0. The fraction of sp³-hybridized carbons (Fsp3) is 0.286. The third kappa shape index (κ3) is 3.67. The van der Waals surface area contributed by atoms with Gasteiger partial charge in [-0.2, -0.15) is 0 Å². The van der Waals surface area contributed by atoms with Crippen molar-refractivity contribution in [3.8, 4) is 0 Å². The average Bonchev–Trinajstić information content (AvgIpc) is 2.72. The van der Waals surface area contributed by atoms with E-state index in [-0.39, 0.29) is 6.04 Å². The molecule has 5 nitrogen and oxygen atoms in total. The van der Waals surface area contributed by atoms with Crippen LogP contribution in [0.25, 0.3) is 0 Å². The van der Waals surface area contributed by atoms with Crippen LogP contribution < -0.4 is 10.2 Å². The van der Waals surface area contributed by atoms with Gasteiger partial charge >= 0.3 is 0 Å². The fourth-order valence-corrected chi connectivity index (χ4v) is 3.68. The smallest absolute Gasteiger partial charge is 0.134 e. The van der Waals surface area contributed by atoms with Crippen LogP contribution in [0.2, 0.25) is 0 Å². The molecule has 3 aromatic heterocycles. The number of hydrogen-bond donors (Lipinski definition) is 1. The van der Waals surface area contributed by atoms with Gasteiger partial charge in [0.05, 0.1) is 6.04 Å². The summed E-state index contributed by atoms with van der Waals surface area (Å²) in [4.78, 5) is 16.0. The van der Waals surface area contributed by atoms with E-state index in [2.05, 4.69) is 37.3 Å². The van der Waals surface area contributed by atoms with Crippen molar-refractivity contribution in [2.24, 2.45) is 0 Å². The highest BCUT2D eigenvalue weighted by Gasteiger charge is 2.32. The molecule has 5 heteroatoms. The zero-order valence-corrected chi connectivity index (χ0v) is 14.7. The number of aromatic nitrogens is 3. The van der Waals surface area contributed by atoms with Gasteiger partial charge in [-0.05, 0) is 49.2 Å². The Bertz CT molecular complexity index is 755. The second-order valence-corrected chi connectivity index (χ2v) is 6.56. The van der Waals surface area contributed by atoms with Crippen LogP contribution in [0.3, 0.4) is 0 Å². The van der Waals surface area contributed by atoms with Crippen LogP contribution in [0.5, 0.6) is 0 Å². The van der Waals surface area contributed by atoms with Crippen molar-refractivity contribution in [2.45, 2.75) is 37.8 Å². The van der Waals surface area contributed by atoms with Crippen molar-refractivity contribution in [1.82, 2.24) is 15.0 Å². The first kappa shape index (κ1) is 16.5. The second kappa shape index (κ2) is 7.95. The Labute approximate surface area is 154 Å². The number of rotatable bonds is 5. The summed E-state index contributed by atoms with van der Waals surface area (Å²) in [7, 11) is 0. The summed E-state index contributed by atoms with van der Waals surface area (Å²) in [5, 5.41) is 3.64. The van der Waals surface area contributed by atoms with Crippen LogP contribution >= 0.6 is 0 Å². The summed E-state index contributed by atoms with van der Waals surface area (Å²) in [5.74, 6) is 2.79. The lowest BCUT2D eigenvalue weighted by molar-refractivity contribution is 0.396. The van der Waals surface area contributed by atoms with E-state index in [1.54, 1.807) is 0 Å². The number of nitrogens with one attached hydrogen (secondary N) is 1. The van der Waals surface area contributed by atoms with Crippen LogP contribution in [0.15, 0.2) is 73.2 Å². The Kier molecular flexibility index (Phi) is 5.05. The lowest BCUT2D eigenvalue weighted by Gasteiger charge is -2.40. The minimum atomic E-state index is 0.274. The second-order valence-electron chi connectivity index (χ2n) is 6.56. The molecule has 0 aliphatic heterocycles. The summed E-state index contributed by atoms with van der Waals surface area (Å²) < 4.78 is 0. The Balaban J connectivity index is 1.68. The van der Waals surface area contributed by atoms with Crippen LogP contribution in [-0.4, -0.2) is 27.0 Å². The fourth-order valence-electron chi connectivity index (χ4n) is 3.68. The first-order valence-corrected chi connectivity index (χ1v) is 9.21. The molecule has 0 aromatic carbocycles. The molecule has 132 valence electrons. The van der Waals surface area contributed by atoms with Gasteiger partial charge in [0.15, 0.2) is 0 Å². The molecule has 2 atom stereocenters. The monoisotopic (exact) mass is 345 g/mol. The Morgan fingerprint density at radius 3 is 1.92 bits per heavy atom. The first-order chi connectivity index (χ1) is 12.9.